The Hall–Kier alpha value is -2.21. The van der Waals surface area contributed by atoms with E-state index in [4.69, 9.17) is 9.47 Å². The number of halogens is 3. The van der Waals surface area contributed by atoms with Crippen molar-refractivity contribution in [3.8, 4) is 5.75 Å². The molecule has 11 heteroatoms. The van der Waals surface area contributed by atoms with E-state index in [1.54, 1.807) is 26.2 Å². The molecule has 1 atom stereocenters. The van der Waals surface area contributed by atoms with Crippen molar-refractivity contribution in [1.82, 2.24) is 15.3 Å². The number of rotatable bonds is 6. The maximum atomic E-state index is 13.8. The van der Waals surface area contributed by atoms with Gasteiger partial charge in [0, 0.05) is 23.4 Å². The van der Waals surface area contributed by atoms with Gasteiger partial charge < -0.3 is 14.8 Å². The molecule has 170 valence electrons. The van der Waals surface area contributed by atoms with Crippen LogP contribution in [-0.2, 0) is 10.3 Å². The summed E-state index contributed by atoms with van der Waals surface area (Å²) >= 11 is 2.04. The molecule has 0 bridgehead atoms. The van der Waals surface area contributed by atoms with Crippen LogP contribution in [0.1, 0.15) is 20.4 Å². The summed E-state index contributed by atoms with van der Waals surface area (Å²) in [4.78, 5) is 21.8. The fourth-order valence-electron chi connectivity index (χ4n) is 3.43. The molecule has 4 rings (SSSR count). The number of methoxy groups -OCH3 is 1. The van der Waals surface area contributed by atoms with E-state index in [2.05, 4.69) is 15.3 Å². The van der Waals surface area contributed by atoms with Crippen LogP contribution in [0.4, 0.5) is 13.2 Å². The summed E-state index contributed by atoms with van der Waals surface area (Å²) in [6, 6.07) is 8.17. The second-order valence-electron chi connectivity index (χ2n) is 7.18. The van der Waals surface area contributed by atoms with Crippen molar-refractivity contribution in [2.75, 3.05) is 32.6 Å². The lowest BCUT2D eigenvalue weighted by atomic mass is 9.99. The molecule has 1 aromatic carbocycles. The van der Waals surface area contributed by atoms with Gasteiger partial charge in [-0.1, -0.05) is 11.8 Å². The van der Waals surface area contributed by atoms with E-state index >= 15 is 0 Å². The summed E-state index contributed by atoms with van der Waals surface area (Å²) in [5.41, 5.74) is -1.71. The third kappa shape index (κ3) is 4.34. The number of hydrogen-bond acceptors (Lipinski definition) is 8. The van der Waals surface area contributed by atoms with Crippen LogP contribution in [0.5, 0.6) is 5.75 Å². The first-order chi connectivity index (χ1) is 15.2. The number of benzene rings is 1. The van der Waals surface area contributed by atoms with E-state index in [9.17, 15) is 18.0 Å². The van der Waals surface area contributed by atoms with Gasteiger partial charge in [0.2, 0.25) is 5.60 Å². The van der Waals surface area contributed by atoms with Crippen LogP contribution < -0.4 is 10.1 Å². The third-order valence-corrected chi connectivity index (χ3v) is 7.32. The number of aromatic nitrogens is 2. The number of fused-ring (bicyclic) bond motifs is 1. The van der Waals surface area contributed by atoms with Gasteiger partial charge in [0.05, 0.1) is 29.9 Å². The largest absolute Gasteiger partial charge is 0.497 e. The van der Waals surface area contributed by atoms with E-state index in [-0.39, 0.29) is 34.4 Å². The molecule has 1 saturated heterocycles. The van der Waals surface area contributed by atoms with Crippen molar-refractivity contribution in [2.45, 2.75) is 23.7 Å². The van der Waals surface area contributed by atoms with E-state index < -0.39 is 11.8 Å². The van der Waals surface area contributed by atoms with Gasteiger partial charge >= 0.3 is 6.18 Å². The monoisotopic (exact) mass is 483 g/mol. The number of alkyl halides is 3. The zero-order chi connectivity index (χ0) is 22.9. The van der Waals surface area contributed by atoms with Crippen molar-refractivity contribution in [3.63, 3.8) is 0 Å². The molecule has 0 spiro atoms. The Kier molecular flexibility index (Phi) is 6.44. The van der Waals surface area contributed by atoms with Gasteiger partial charge in [-0.3, -0.25) is 4.79 Å². The second kappa shape index (κ2) is 8.97. The van der Waals surface area contributed by atoms with E-state index in [0.717, 1.165) is 22.2 Å². The van der Waals surface area contributed by atoms with Crippen molar-refractivity contribution in [2.24, 2.45) is 0 Å². The molecule has 2 aromatic heterocycles. The summed E-state index contributed by atoms with van der Waals surface area (Å²) in [5.74, 6) is 0.949. The number of thiophene rings is 1. The van der Waals surface area contributed by atoms with Crippen LogP contribution in [-0.4, -0.2) is 54.5 Å². The van der Waals surface area contributed by atoms with Crippen LogP contribution >= 0.6 is 23.1 Å². The molecule has 0 radical (unpaired) electrons. The normalized spacial score (nSPS) is 19.3. The molecule has 0 saturated carbocycles. The summed E-state index contributed by atoms with van der Waals surface area (Å²) in [7, 11) is 1.56. The summed E-state index contributed by atoms with van der Waals surface area (Å²) < 4.78 is 52.0. The predicted molar refractivity (Wildman–Crippen MR) is 117 cm³/mol. The van der Waals surface area contributed by atoms with E-state index in [0.29, 0.717) is 23.1 Å². The van der Waals surface area contributed by atoms with E-state index in [1.807, 2.05) is 6.07 Å². The molecule has 0 aliphatic carbocycles. The molecule has 0 amide bonds. The number of nitrogens with zero attached hydrogens (tertiary/aromatic N) is 2. The number of Topliss-reactive ketones (excluding diaryl/α,β-unsaturated/α-hetero) is 1. The molecular formula is C21H20F3N3O3S2. The van der Waals surface area contributed by atoms with Crippen molar-refractivity contribution in [1.29, 1.82) is 0 Å². The Bertz CT molecular complexity index is 1140. The molecule has 1 aliphatic rings. The minimum absolute atomic E-state index is 0.0286. The molecular weight excluding hydrogens is 463 g/mol. The van der Waals surface area contributed by atoms with Gasteiger partial charge in [-0.2, -0.15) is 13.2 Å². The minimum Gasteiger partial charge on any atom is -0.497 e. The van der Waals surface area contributed by atoms with Crippen LogP contribution in [0.25, 0.3) is 10.9 Å². The average molecular weight is 484 g/mol. The lowest BCUT2D eigenvalue weighted by Crippen LogP contribution is -2.55. The zero-order valence-electron chi connectivity index (χ0n) is 17.3. The van der Waals surface area contributed by atoms with Gasteiger partial charge in [0.15, 0.2) is 5.78 Å². The Morgan fingerprint density at radius 1 is 1.31 bits per heavy atom. The number of thioether (sulfide) groups is 1. The summed E-state index contributed by atoms with van der Waals surface area (Å²) in [6.45, 7) is 1.67. The molecule has 3 heterocycles. The highest BCUT2D eigenvalue weighted by Crippen LogP contribution is 2.45. The maximum absolute atomic E-state index is 13.8. The average Bonchev–Trinajstić information content (AvgIpc) is 3.27. The smallest absolute Gasteiger partial charge is 0.423 e. The van der Waals surface area contributed by atoms with Crippen LogP contribution in [0.2, 0.25) is 0 Å². The SMILES string of the molecule is COc1ccc2nc(C)nc(SCC(=O)c3ccc([C@]4(C(F)(F)F)CNCCO4)s3)c2c1. The molecule has 1 fully saturated rings. The number of aryl methyl sites for hydroxylation is 1. The highest BCUT2D eigenvalue weighted by molar-refractivity contribution is 8.00. The topological polar surface area (TPSA) is 73.3 Å². The fraction of sp³-hybridized carbons (Fsp3) is 0.381. The number of ether oxygens (including phenoxy) is 2. The van der Waals surface area contributed by atoms with Gasteiger partial charge in [-0.05, 0) is 37.3 Å². The molecule has 3 aromatic rings. The highest BCUT2D eigenvalue weighted by atomic mass is 32.2. The molecule has 1 aliphatic heterocycles. The minimum atomic E-state index is -4.60. The Labute approximate surface area is 190 Å². The number of hydrogen-bond donors (Lipinski definition) is 1. The zero-order valence-corrected chi connectivity index (χ0v) is 18.9. The number of carbonyl (C=O) groups is 1. The van der Waals surface area contributed by atoms with Gasteiger partial charge in [-0.25, -0.2) is 9.97 Å². The Balaban J connectivity index is 1.56. The van der Waals surface area contributed by atoms with E-state index in [1.165, 1.54) is 23.9 Å². The summed E-state index contributed by atoms with van der Waals surface area (Å²) in [5, 5.41) is 4.11. The van der Waals surface area contributed by atoms with Gasteiger partial charge in [0.25, 0.3) is 0 Å². The number of ketones is 1. The lowest BCUT2D eigenvalue weighted by Gasteiger charge is -2.38. The van der Waals surface area contributed by atoms with Crippen molar-refractivity contribution >= 4 is 39.8 Å². The van der Waals surface area contributed by atoms with Gasteiger partial charge in [0.1, 0.15) is 16.6 Å². The Morgan fingerprint density at radius 3 is 2.81 bits per heavy atom. The van der Waals surface area contributed by atoms with Crippen LogP contribution in [0.3, 0.4) is 0 Å². The first kappa shape index (κ1) is 23.0. The fourth-order valence-corrected chi connectivity index (χ4v) is 5.57. The molecule has 0 unspecified atom stereocenters. The quantitative estimate of drug-likeness (QED) is 0.317. The van der Waals surface area contributed by atoms with Gasteiger partial charge in [-0.15, -0.1) is 11.3 Å². The maximum Gasteiger partial charge on any atom is 0.423 e. The highest BCUT2D eigenvalue weighted by Gasteiger charge is 2.59. The summed E-state index contributed by atoms with van der Waals surface area (Å²) in [6.07, 6.45) is -4.60. The molecule has 6 nitrogen and oxygen atoms in total. The first-order valence-corrected chi connectivity index (χ1v) is 11.5. The third-order valence-electron chi connectivity index (χ3n) is 5.06. The van der Waals surface area contributed by atoms with Crippen LogP contribution in [0.15, 0.2) is 35.4 Å². The predicted octanol–water partition coefficient (Wildman–Crippen LogP) is 4.36. The standard InChI is InChI=1S/C21H20F3N3O3S2/c1-12-26-15-4-3-13(29-2)9-14(15)19(27-12)31-10-16(28)17-5-6-18(32-17)20(21(22,23)24)11-25-7-8-30-20/h3-6,9,25H,7-8,10-11H2,1-2H3/t20-/m0/s1. The molecule has 32 heavy (non-hydrogen) atoms. The number of morpholine rings is 1. The van der Waals surface area contributed by atoms with Crippen molar-refractivity contribution in [3.05, 3.63) is 45.9 Å². The van der Waals surface area contributed by atoms with Crippen LogP contribution in [0, 0.1) is 6.92 Å². The number of nitrogens with one attached hydrogen (secondary N) is 1. The van der Waals surface area contributed by atoms with Crippen molar-refractivity contribution < 1.29 is 27.4 Å². The Morgan fingerprint density at radius 2 is 2.12 bits per heavy atom. The number of carbonyl (C=O) groups excluding carboxylic acids is 1. The first-order valence-electron chi connectivity index (χ1n) is 9.73. The second-order valence-corrected chi connectivity index (χ2v) is 9.23. The lowest BCUT2D eigenvalue weighted by molar-refractivity contribution is -0.288. The molecule has 1 N–H and O–H groups in total.